The van der Waals surface area contributed by atoms with Gasteiger partial charge in [-0.25, -0.2) is 0 Å². The molecule has 2 N–H and O–H groups in total. The predicted molar refractivity (Wildman–Crippen MR) is 106 cm³/mol. The highest BCUT2D eigenvalue weighted by Gasteiger charge is 2.34. The molecule has 0 bridgehead atoms. The molecule has 160 valence electrons. The third-order valence-corrected chi connectivity index (χ3v) is 4.27. The molecule has 1 aliphatic heterocycles. The van der Waals surface area contributed by atoms with E-state index >= 15 is 0 Å². The minimum Gasteiger partial charge on any atom is -0.356 e. The maximum Gasteiger partial charge on any atom is 0.416 e. The fourth-order valence-corrected chi connectivity index (χ4v) is 2.98. The highest BCUT2D eigenvalue weighted by atomic mass is 127. The van der Waals surface area contributed by atoms with E-state index in [-0.39, 0.29) is 36.4 Å². The molecule has 2 rings (SSSR count). The zero-order chi connectivity index (χ0) is 20.1. The van der Waals surface area contributed by atoms with Crippen LogP contribution in [-0.2, 0) is 12.7 Å². The van der Waals surface area contributed by atoms with Crippen molar-refractivity contribution in [2.45, 2.75) is 25.3 Å². The summed E-state index contributed by atoms with van der Waals surface area (Å²) in [6, 6.07) is 4.97. The molecular formula is C17H23F6IN4. The van der Waals surface area contributed by atoms with E-state index in [1.165, 1.54) is 18.0 Å². The van der Waals surface area contributed by atoms with Crippen molar-refractivity contribution in [2.75, 3.05) is 33.2 Å². The number of hydrogen-bond donors (Lipinski definition) is 2. The highest BCUT2D eigenvalue weighted by Crippen LogP contribution is 2.29. The molecule has 1 unspecified atom stereocenters. The predicted octanol–water partition coefficient (Wildman–Crippen LogP) is 3.87. The molecule has 0 spiro atoms. The topological polar surface area (TPSA) is 39.7 Å². The number of benzene rings is 1. The van der Waals surface area contributed by atoms with E-state index in [0.29, 0.717) is 37.6 Å². The first-order valence-corrected chi connectivity index (χ1v) is 8.46. The number of rotatable bonds is 5. The van der Waals surface area contributed by atoms with Gasteiger partial charge in [0.25, 0.3) is 0 Å². The first kappa shape index (κ1) is 24.8. The number of nitrogens with zero attached hydrogens (tertiary/aromatic N) is 2. The Morgan fingerprint density at radius 3 is 2.50 bits per heavy atom. The molecule has 0 radical (unpaired) electrons. The molecule has 1 saturated heterocycles. The Kier molecular flexibility index (Phi) is 9.31. The van der Waals surface area contributed by atoms with Crippen molar-refractivity contribution in [3.05, 3.63) is 35.4 Å². The summed E-state index contributed by atoms with van der Waals surface area (Å²) < 4.78 is 75.4. The normalized spacial score (nSPS) is 18.7. The maximum absolute atomic E-state index is 12.7. The van der Waals surface area contributed by atoms with Crippen LogP contribution in [0.2, 0.25) is 0 Å². The first-order valence-electron chi connectivity index (χ1n) is 8.46. The van der Waals surface area contributed by atoms with Gasteiger partial charge in [0.2, 0.25) is 0 Å². The van der Waals surface area contributed by atoms with Gasteiger partial charge in [-0.2, -0.15) is 26.3 Å². The Labute approximate surface area is 176 Å². The molecule has 4 nitrogen and oxygen atoms in total. The second kappa shape index (κ2) is 10.5. The molecule has 11 heteroatoms. The number of nitrogens with one attached hydrogen (secondary N) is 2. The van der Waals surface area contributed by atoms with Crippen LogP contribution in [0, 0.1) is 5.92 Å². The summed E-state index contributed by atoms with van der Waals surface area (Å²) in [5.41, 5.74) is -0.273. The standard InChI is InChI=1S/C17H22F6N4.HI/c1-24-15(25-8-12-3-2-4-14(7-12)17(21,22)23)26-9-13-5-6-27(10-13)11-16(18,19)20;/h2-4,7,13H,5-6,8-11H2,1H3,(H2,24,25,26);1H. The molecule has 28 heavy (non-hydrogen) atoms. The number of guanidine groups is 1. The van der Waals surface area contributed by atoms with Crippen LogP contribution in [0.15, 0.2) is 29.3 Å². The van der Waals surface area contributed by atoms with Gasteiger partial charge in [0, 0.05) is 26.7 Å². The number of hydrogen-bond acceptors (Lipinski definition) is 2. The van der Waals surface area contributed by atoms with Crippen molar-refractivity contribution in [1.29, 1.82) is 0 Å². The smallest absolute Gasteiger partial charge is 0.356 e. The fourth-order valence-electron chi connectivity index (χ4n) is 2.98. The Morgan fingerprint density at radius 2 is 1.89 bits per heavy atom. The summed E-state index contributed by atoms with van der Waals surface area (Å²) in [6.07, 6.45) is -7.96. The average Bonchev–Trinajstić information content (AvgIpc) is 3.00. The van der Waals surface area contributed by atoms with Crippen molar-refractivity contribution in [1.82, 2.24) is 15.5 Å². The summed E-state index contributed by atoms with van der Waals surface area (Å²) >= 11 is 0. The third-order valence-electron chi connectivity index (χ3n) is 4.27. The molecule has 0 saturated carbocycles. The summed E-state index contributed by atoms with van der Waals surface area (Å²) in [5.74, 6) is 0.446. The Balaban J connectivity index is 0.00000392. The molecule has 0 aliphatic carbocycles. The van der Waals surface area contributed by atoms with Crippen LogP contribution in [0.1, 0.15) is 17.5 Å². The third kappa shape index (κ3) is 8.41. The van der Waals surface area contributed by atoms with Gasteiger partial charge in [0.15, 0.2) is 5.96 Å². The van der Waals surface area contributed by atoms with Crippen LogP contribution in [0.25, 0.3) is 0 Å². The quantitative estimate of drug-likeness (QED) is 0.266. The number of halogens is 7. The molecule has 0 amide bonds. The number of alkyl halides is 6. The van der Waals surface area contributed by atoms with E-state index in [4.69, 9.17) is 0 Å². The molecule has 1 aliphatic rings. The lowest BCUT2D eigenvalue weighted by Gasteiger charge is -2.19. The van der Waals surface area contributed by atoms with Gasteiger partial charge in [-0.15, -0.1) is 24.0 Å². The average molecular weight is 524 g/mol. The number of likely N-dealkylation sites (tertiary alicyclic amines) is 1. The molecule has 1 aromatic rings. The zero-order valence-electron chi connectivity index (χ0n) is 15.2. The lowest BCUT2D eigenvalue weighted by Crippen LogP contribution is -2.40. The summed E-state index contributed by atoms with van der Waals surface area (Å²) in [7, 11) is 1.52. The van der Waals surface area contributed by atoms with E-state index < -0.39 is 24.5 Å². The van der Waals surface area contributed by atoms with E-state index in [9.17, 15) is 26.3 Å². The lowest BCUT2D eigenvalue weighted by atomic mass is 10.1. The van der Waals surface area contributed by atoms with Crippen LogP contribution < -0.4 is 10.6 Å². The van der Waals surface area contributed by atoms with E-state index in [1.54, 1.807) is 6.07 Å². The molecule has 1 atom stereocenters. The summed E-state index contributed by atoms with van der Waals surface area (Å²) in [4.78, 5) is 5.36. The molecular weight excluding hydrogens is 501 g/mol. The largest absolute Gasteiger partial charge is 0.416 e. The van der Waals surface area contributed by atoms with Crippen molar-refractivity contribution in [3.8, 4) is 0 Å². The Hall–Kier alpha value is -1.24. The van der Waals surface area contributed by atoms with Crippen molar-refractivity contribution < 1.29 is 26.3 Å². The maximum atomic E-state index is 12.7. The SMILES string of the molecule is CN=C(NCc1cccc(C(F)(F)F)c1)NCC1CCN(CC(F)(F)F)C1.I. The van der Waals surface area contributed by atoms with Crippen LogP contribution in [0.5, 0.6) is 0 Å². The molecule has 0 aromatic heterocycles. The van der Waals surface area contributed by atoms with Gasteiger partial charge >= 0.3 is 12.4 Å². The van der Waals surface area contributed by atoms with Gasteiger partial charge in [-0.05, 0) is 36.6 Å². The van der Waals surface area contributed by atoms with Crippen molar-refractivity contribution >= 4 is 29.9 Å². The monoisotopic (exact) mass is 524 g/mol. The minimum atomic E-state index is -4.40. The van der Waals surface area contributed by atoms with Crippen LogP contribution in [0.4, 0.5) is 26.3 Å². The Bertz CT molecular complexity index is 647. The van der Waals surface area contributed by atoms with Gasteiger partial charge in [-0.1, -0.05) is 12.1 Å². The van der Waals surface area contributed by atoms with Crippen molar-refractivity contribution in [3.63, 3.8) is 0 Å². The Morgan fingerprint density at radius 1 is 1.18 bits per heavy atom. The molecule has 1 fully saturated rings. The lowest BCUT2D eigenvalue weighted by molar-refractivity contribution is -0.143. The van der Waals surface area contributed by atoms with E-state index in [2.05, 4.69) is 15.6 Å². The number of aliphatic imine (C=N–C) groups is 1. The second-order valence-electron chi connectivity index (χ2n) is 6.51. The van der Waals surface area contributed by atoms with E-state index in [0.717, 1.165) is 12.1 Å². The van der Waals surface area contributed by atoms with Gasteiger partial charge in [0.1, 0.15) is 0 Å². The second-order valence-corrected chi connectivity index (χ2v) is 6.51. The van der Waals surface area contributed by atoms with Crippen LogP contribution in [-0.4, -0.2) is 50.3 Å². The first-order chi connectivity index (χ1) is 12.6. The van der Waals surface area contributed by atoms with E-state index in [1.807, 2.05) is 0 Å². The molecule has 1 heterocycles. The zero-order valence-corrected chi connectivity index (χ0v) is 17.5. The summed E-state index contributed by atoms with van der Waals surface area (Å²) in [6.45, 7) is 0.413. The fraction of sp³-hybridized carbons (Fsp3) is 0.588. The van der Waals surface area contributed by atoms with Gasteiger partial charge < -0.3 is 10.6 Å². The highest BCUT2D eigenvalue weighted by molar-refractivity contribution is 14.0. The van der Waals surface area contributed by atoms with Gasteiger partial charge in [-0.3, -0.25) is 9.89 Å². The van der Waals surface area contributed by atoms with Crippen molar-refractivity contribution in [2.24, 2.45) is 10.9 Å². The van der Waals surface area contributed by atoms with Gasteiger partial charge in [0.05, 0.1) is 12.1 Å². The van der Waals surface area contributed by atoms with Crippen LogP contribution in [0.3, 0.4) is 0 Å². The summed E-state index contributed by atoms with van der Waals surface area (Å²) in [5, 5.41) is 5.93. The van der Waals surface area contributed by atoms with Crippen LogP contribution >= 0.6 is 24.0 Å². The molecule has 1 aromatic carbocycles. The minimum absolute atomic E-state index is 0.